The van der Waals surface area contributed by atoms with Crippen molar-refractivity contribution in [1.82, 2.24) is 0 Å². The second kappa shape index (κ2) is 8.85. The van der Waals surface area contributed by atoms with Gasteiger partial charge in [-0.1, -0.05) is 46.8 Å². The van der Waals surface area contributed by atoms with E-state index in [-0.39, 0.29) is 30.5 Å². The average molecular weight is 298 g/mol. The largest absolute Gasteiger partial charge is 0.465 e. The third-order valence-corrected chi connectivity index (χ3v) is 3.05. The predicted molar refractivity (Wildman–Crippen MR) is 83.7 cm³/mol. The van der Waals surface area contributed by atoms with Crippen LogP contribution in [0.5, 0.6) is 0 Å². The van der Waals surface area contributed by atoms with Crippen LogP contribution in [0.3, 0.4) is 0 Å². The zero-order chi connectivity index (χ0) is 16.6. The lowest BCUT2D eigenvalue weighted by molar-refractivity contribution is -0.164. The van der Waals surface area contributed by atoms with E-state index in [0.717, 1.165) is 0 Å². The molecule has 1 atom stereocenters. The van der Waals surface area contributed by atoms with E-state index in [1.54, 1.807) is 13.8 Å². The number of hydrogen-bond acceptors (Lipinski definition) is 4. The monoisotopic (exact) mass is 298 g/mol. The quantitative estimate of drug-likeness (QED) is 0.409. The summed E-state index contributed by atoms with van der Waals surface area (Å²) in [6, 6.07) is 0. The van der Waals surface area contributed by atoms with Crippen LogP contribution in [0.1, 0.15) is 48.5 Å². The molecule has 0 radical (unpaired) electrons. The Balaban J connectivity index is 5.43. The standard InChI is InChI=1S/C17H30O4/c1-8-20-15(18)14(16(19)21-9-2)13(12(3)4)10-11-17(5,6)7/h10-14H,8-9H2,1-7H3/b11-10+. The first-order chi connectivity index (χ1) is 9.64. The van der Waals surface area contributed by atoms with Crippen LogP contribution in [0.2, 0.25) is 0 Å². The van der Waals surface area contributed by atoms with Crippen molar-refractivity contribution in [2.24, 2.45) is 23.2 Å². The summed E-state index contributed by atoms with van der Waals surface area (Å²) in [7, 11) is 0. The summed E-state index contributed by atoms with van der Waals surface area (Å²) >= 11 is 0. The van der Waals surface area contributed by atoms with Crippen LogP contribution >= 0.6 is 0 Å². The molecule has 0 spiro atoms. The molecule has 4 nitrogen and oxygen atoms in total. The molecule has 0 aromatic carbocycles. The Labute approximate surface area is 128 Å². The predicted octanol–water partition coefficient (Wildman–Crippen LogP) is 3.60. The molecule has 0 aliphatic heterocycles. The summed E-state index contributed by atoms with van der Waals surface area (Å²) in [6.07, 6.45) is 3.98. The summed E-state index contributed by atoms with van der Waals surface area (Å²) < 4.78 is 10.1. The maximum Gasteiger partial charge on any atom is 0.320 e. The molecule has 0 aliphatic rings. The zero-order valence-electron chi connectivity index (χ0n) is 14.4. The minimum atomic E-state index is -0.900. The lowest BCUT2D eigenvalue weighted by atomic mass is 9.81. The van der Waals surface area contributed by atoms with Crippen LogP contribution in [0, 0.1) is 23.2 Å². The van der Waals surface area contributed by atoms with Crippen LogP contribution < -0.4 is 0 Å². The minimum Gasteiger partial charge on any atom is -0.465 e. The molecule has 4 heteroatoms. The Bertz CT molecular complexity index is 345. The van der Waals surface area contributed by atoms with E-state index in [1.807, 2.05) is 26.0 Å². The van der Waals surface area contributed by atoms with Crippen LogP contribution in [0.25, 0.3) is 0 Å². The Morgan fingerprint density at radius 2 is 1.43 bits per heavy atom. The highest BCUT2D eigenvalue weighted by Gasteiger charge is 2.37. The smallest absolute Gasteiger partial charge is 0.320 e. The number of carbonyl (C=O) groups excluding carboxylic acids is 2. The highest BCUT2D eigenvalue weighted by Crippen LogP contribution is 2.28. The van der Waals surface area contributed by atoms with Crippen molar-refractivity contribution in [3.8, 4) is 0 Å². The number of allylic oxidation sites excluding steroid dienone is 2. The molecule has 0 bridgehead atoms. The molecule has 0 saturated carbocycles. The molecule has 0 heterocycles. The molecule has 21 heavy (non-hydrogen) atoms. The van der Waals surface area contributed by atoms with Gasteiger partial charge in [0, 0.05) is 5.92 Å². The van der Waals surface area contributed by atoms with E-state index in [0.29, 0.717) is 0 Å². The van der Waals surface area contributed by atoms with Gasteiger partial charge in [0.25, 0.3) is 0 Å². The molecule has 0 aromatic rings. The first-order valence-electron chi connectivity index (χ1n) is 7.66. The lowest BCUT2D eigenvalue weighted by Gasteiger charge is -2.25. The second-order valence-corrected chi connectivity index (χ2v) is 6.53. The summed E-state index contributed by atoms with van der Waals surface area (Å²) in [5.41, 5.74) is -0.0129. The van der Waals surface area contributed by atoms with Crippen LogP contribution in [-0.2, 0) is 19.1 Å². The van der Waals surface area contributed by atoms with E-state index >= 15 is 0 Å². The van der Waals surface area contributed by atoms with Gasteiger partial charge in [0.05, 0.1) is 13.2 Å². The van der Waals surface area contributed by atoms with Gasteiger partial charge in [-0.25, -0.2) is 0 Å². The fourth-order valence-electron chi connectivity index (χ4n) is 1.99. The van der Waals surface area contributed by atoms with E-state index in [9.17, 15) is 9.59 Å². The fraction of sp³-hybridized carbons (Fsp3) is 0.765. The van der Waals surface area contributed by atoms with Crippen molar-refractivity contribution in [2.45, 2.75) is 48.5 Å². The molecule has 0 aromatic heterocycles. The van der Waals surface area contributed by atoms with Gasteiger partial charge in [-0.15, -0.1) is 0 Å². The van der Waals surface area contributed by atoms with Gasteiger partial charge in [-0.05, 0) is 25.2 Å². The summed E-state index contributed by atoms with van der Waals surface area (Å²) in [5.74, 6) is -2.02. The van der Waals surface area contributed by atoms with Crippen molar-refractivity contribution >= 4 is 11.9 Å². The molecule has 0 saturated heterocycles. The van der Waals surface area contributed by atoms with Gasteiger partial charge in [-0.3, -0.25) is 9.59 Å². The van der Waals surface area contributed by atoms with E-state index in [2.05, 4.69) is 20.8 Å². The van der Waals surface area contributed by atoms with Gasteiger partial charge >= 0.3 is 11.9 Å². The number of carbonyl (C=O) groups is 2. The Hall–Kier alpha value is -1.32. The molecule has 0 aliphatic carbocycles. The van der Waals surface area contributed by atoms with Crippen molar-refractivity contribution in [3.63, 3.8) is 0 Å². The van der Waals surface area contributed by atoms with Crippen molar-refractivity contribution < 1.29 is 19.1 Å². The maximum absolute atomic E-state index is 12.2. The highest BCUT2D eigenvalue weighted by atomic mass is 16.6. The van der Waals surface area contributed by atoms with Crippen LogP contribution in [0.15, 0.2) is 12.2 Å². The normalized spacial score (nSPS) is 13.8. The first-order valence-corrected chi connectivity index (χ1v) is 7.66. The third-order valence-electron chi connectivity index (χ3n) is 3.05. The van der Waals surface area contributed by atoms with E-state index in [4.69, 9.17) is 9.47 Å². The molecule has 0 N–H and O–H groups in total. The zero-order valence-corrected chi connectivity index (χ0v) is 14.4. The molecule has 0 rings (SSSR count). The fourth-order valence-corrected chi connectivity index (χ4v) is 1.99. The molecule has 0 amide bonds. The molecule has 1 unspecified atom stereocenters. The van der Waals surface area contributed by atoms with E-state index in [1.165, 1.54) is 0 Å². The number of ether oxygens (including phenoxy) is 2. The van der Waals surface area contributed by atoms with Crippen LogP contribution in [-0.4, -0.2) is 25.2 Å². The van der Waals surface area contributed by atoms with Crippen molar-refractivity contribution in [3.05, 3.63) is 12.2 Å². The Morgan fingerprint density at radius 3 is 1.71 bits per heavy atom. The highest BCUT2D eigenvalue weighted by molar-refractivity contribution is 5.95. The first kappa shape index (κ1) is 19.7. The molecular formula is C17H30O4. The third kappa shape index (κ3) is 7.30. The van der Waals surface area contributed by atoms with Gasteiger partial charge in [0.15, 0.2) is 5.92 Å². The average Bonchev–Trinajstić information content (AvgIpc) is 2.32. The molecule has 122 valence electrons. The maximum atomic E-state index is 12.2. The van der Waals surface area contributed by atoms with Gasteiger partial charge in [0.2, 0.25) is 0 Å². The Kier molecular flexibility index (Phi) is 8.30. The van der Waals surface area contributed by atoms with Gasteiger partial charge in [0.1, 0.15) is 0 Å². The van der Waals surface area contributed by atoms with E-state index < -0.39 is 17.9 Å². The SMILES string of the molecule is CCOC(=O)C(C(=O)OCC)C(/C=C/C(C)(C)C)C(C)C. The second-order valence-electron chi connectivity index (χ2n) is 6.53. The van der Waals surface area contributed by atoms with Crippen molar-refractivity contribution in [2.75, 3.05) is 13.2 Å². The van der Waals surface area contributed by atoms with Gasteiger partial charge < -0.3 is 9.47 Å². The Morgan fingerprint density at radius 1 is 1.00 bits per heavy atom. The topological polar surface area (TPSA) is 52.6 Å². The molecule has 0 fully saturated rings. The lowest BCUT2D eigenvalue weighted by Crippen LogP contribution is -2.36. The minimum absolute atomic E-state index is 0.0129. The van der Waals surface area contributed by atoms with Gasteiger partial charge in [-0.2, -0.15) is 0 Å². The summed E-state index contributed by atoms with van der Waals surface area (Å²) in [5, 5.41) is 0. The number of hydrogen-bond donors (Lipinski definition) is 0. The molecular weight excluding hydrogens is 268 g/mol. The summed E-state index contributed by atoms with van der Waals surface area (Å²) in [4.78, 5) is 24.3. The summed E-state index contributed by atoms with van der Waals surface area (Å²) in [6.45, 7) is 14.2. The van der Waals surface area contributed by atoms with Crippen LogP contribution in [0.4, 0.5) is 0 Å². The number of rotatable bonds is 7. The van der Waals surface area contributed by atoms with Crippen molar-refractivity contribution in [1.29, 1.82) is 0 Å². The number of esters is 2.